The molecule has 10 nitrogen and oxygen atoms in total. The lowest BCUT2D eigenvalue weighted by Crippen LogP contribution is -2.47. The van der Waals surface area contributed by atoms with Crippen LogP contribution in [0, 0.1) is 13.8 Å². The second kappa shape index (κ2) is 12.2. The van der Waals surface area contributed by atoms with Crippen molar-refractivity contribution in [1.29, 1.82) is 0 Å². The Morgan fingerprint density at radius 3 is 1.41 bits per heavy atom. The van der Waals surface area contributed by atoms with E-state index in [2.05, 4.69) is 23.6 Å². The smallest absolute Gasteiger partial charge is 0.317 e. The molecule has 39 heavy (non-hydrogen) atoms. The fraction of sp³-hybridized carbons (Fsp3) is 0.448. The van der Waals surface area contributed by atoms with Crippen molar-refractivity contribution in [2.24, 2.45) is 0 Å². The molecule has 2 heterocycles. The quantitative estimate of drug-likeness (QED) is 0.253. The highest BCUT2D eigenvalue weighted by Gasteiger charge is 2.34. The Kier molecular flexibility index (Phi) is 8.73. The molecule has 0 fully saturated rings. The molecule has 0 aromatic heterocycles. The van der Waals surface area contributed by atoms with E-state index in [0.29, 0.717) is 19.8 Å². The molecule has 2 bridgehead atoms. The molecule has 0 saturated heterocycles. The van der Waals surface area contributed by atoms with Crippen molar-refractivity contribution in [2.75, 3.05) is 29.7 Å². The standard InChI is InChI=1S/C29H34N2O8/c1-5-36-24(32)11-26(34)38-15-20-9-7-18(3)28-22(20)13-30-17-31(28)14-23-21(10-8-19(4)29(23)30)16-39-27(35)12-25(33)37-6-2/h7-10H,5-6,11-17H2,1-4H3. The molecular weight excluding hydrogens is 504 g/mol. The Balaban J connectivity index is 1.53. The SMILES string of the molecule is CCOC(=O)CC(=O)OCc1ccc(C)c2c1CN1CN2Cc2c(COC(=O)CC(=O)OCC)ccc(C)c21. The summed E-state index contributed by atoms with van der Waals surface area (Å²) in [6, 6.07) is 7.93. The van der Waals surface area contributed by atoms with Crippen LogP contribution in [0.1, 0.15) is 60.1 Å². The second-order valence-electron chi connectivity index (χ2n) is 9.56. The highest BCUT2D eigenvalue weighted by atomic mass is 16.6. The Bertz CT molecular complexity index is 1190. The highest BCUT2D eigenvalue weighted by Crippen LogP contribution is 2.43. The number of carbonyl (C=O) groups excluding carboxylic acids is 4. The number of hydrogen-bond donors (Lipinski definition) is 0. The van der Waals surface area contributed by atoms with Crippen LogP contribution in [0.2, 0.25) is 0 Å². The molecular formula is C29H34N2O8. The number of esters is 4. The molecule has 0 atom stereocenters. The van der Waals surface area contributed by atoms with Gasteiger partial charge in [-0.3, -0.25) is 19.2 Å². The molecule has 2 aromatic carbocycles. The van der Waals surface area contributed by atoms with Gasteiger partial charge in [0, 0.05) is 35.6 Å². The number of rotatable bonds is 10. The van der Waals surface area contributed by atoms with E-state index >= 15 is 0 Å². The third kappa shape index (κ3) is 6.32. The van der Waals surface area contributed by atoms with Gasteiger partial charge in [0.05, 0.1) is 19.9 Å². The number of carbonyl (C=O) groups is 4. The molecule has 0 unspecified atom stereocenters. The van der Waals surface area contributed by atoms with Crippen molar-refractivity contribution >= 4 is 35.3 Å². The Morgan fingerprint density at radius 1 is 0.641 bits per heavy atom. The van der Waals surface area contributed by atoms with E-state index in [1.54, 1.807) is 13.8 Å². The van der Waals surface area contributed by atoms with Gasteiger partial charge in [0.15, 0.2) is 0 Å². The summed E-state index contributed by atoms with van der Waals surface area (Å²) in [5.74, 6) is -2.45. The van der Waals surface area contributed by atoms with Gasteiger partial charge in [-0.15, -0.1) is 0 Å². The van der Waals surface area contributed by atoms with E-state index in [4.69, 9.17) is 18.9 Å². The van der Waals surface area contributed by atoms with Crippen LogP contribution < -0.4 is 9.80 Å². The summed E-state index contributed by atoms with van der Waals surface area (Å²) >= 11 is 0. The number of ether oxygens (including phenoxy) is 4. The first kappa shape index (κ1) is 27.9. The first-order chi connectivity index (χ1) is 18.7. The first-order valence-corrected chi connectivity index (χ1v) is 13.1. The average Bonchev–Trinajstić information content (AvgIpc) is 2.88. The lowest BCUT2D eigenvalue weighted by molar-refractivity contribution is -0.156. The Hall–Kier alpha value is -4.08. The van der Waals surface area contributed by atoms with Crippen LogP contribution >= 0.6 is 0 Å². The number of anilines is 2. The summed E-state index contributed by atoms with van der Waals surface area (Å²) in [4.78, 5) is 52.1. The monoisotopic (exact) mass is 538 g/mol. The van der Waals surface area contributed by atoms with Gasteiger partial charge in [0.25, 0.3) is 0 Å². The zero-order valence-corrected chi connectivity index (χ0v) is 22.8. The zero-order chi connectivity index (χ0) is 28.1. The van der Waals surface area contributed by atoms with E-state index < -0.39 is 36.7 Å². The summed E-state index contributed by atoms with van der Waals surface area (Å²) in [6.45, 7) is 9.93. The number of hydrogen-bond acceptors (Lipinski definition) is 10. The van der Waals surface area contributed by atoms with Crippen molar-refractivity contribution in [3.63, 3.8) is 0 Å². The van der Waals surface area contributed by atoms with Gasteiger partial charge >= 0.3 is 23.9 Å². The van der Waals surface area contributed by atoms with Gasteiger partial charge in [0.1, 0.15) is 26.1 Å². The van der Waals surface area contributed by atoms with Gasteiger partial charge in [-0.2, -0.15) is 0 Å². The van der Waals surface area contributed by atoms with Gasteiger partial charge in [0.2, 0.25) is 0 Å². The number of nitrogens with zero attached hydrogens (tertiary/aromatic N) is 2. The second-order valence-corrected chi connectivity index (χ2v) is 9.56. The molecule has 0 N–H and O–H groups in total. The number of benzene rings is 2. The van der Waals surface area contributed by atoms with Crippen LogP contribution in [0.3, 0.4) is 0 Å². The van der Waals surface area contributed by atoms with Gasteiger partial charge < -0.3 is 28.7 Å². The van der Waals surface area contributed by atoms with Crippen LogP contribution in [0.15, 0.2) is 24.3 Å². The molecule has 4 rings (SSSR count). The maximum Gasteiger partial charge on any atom is 0.317 e. The minimum atomic E-state index is -0.622. The normalized spacial score (nSPS) is 13.2. The third-order valence-corrected chi connectivity index (χ3v) is 6.80. The van der Waals surface area contributed by atoms with E-state index in [0.717, 1.165) is 44.8 Å². The van der Waals surface area contributed by atoms with Crippen LogP contribution in [0.25, 0.3) is 0 Å². The molecule has 2 aliphatic heterocycles. The van der Waals surface area contributed by atoms with Crippen molar-refractivity contribution in [2.45, 2.75) is 66.8 Å². The molecule has 2 aliphatic rings. The van der Waals surface area contributed by atoms with Crippen LogP contribution in [-0.4, -0.2) is 43.8 Å². The van der Waals surface area contributed by atoms with Crippen molar-refractivity contribution in [1.82, 2.24) is 0 Å². The largest absolute Gasteiger partial charge is 0.466 e. The summed E-state index contributed by atoms with van der Waals surface area (Å²) in [5.41, 5.74) is 8.28. The molecule has 0 radical (unpaired) electrons. The van der Waals surface area contributed by atoms with Crippen LogP contribution in [-0.2, 0) is 64.4 Å². The summed E-state index contributed by atoms with van der Waals surface area (Å²) in [7, 11) is 0. The fourth-order valence-corrected chi connectivity index (χ4v) is 5.16. The highest BCUT2D eigenvalue weighted by molar-refractivity contribution is 5.91. The lowest BCUT2D eigenvalue weighted by Gasteiger charge is -2.47. The predicted molar refractivity (Wildman–Crippen MR) is 142 cm³/mol. The Morgan fingerprint density at radius 2 is 1.03 bits per heavy atom. The molecule has 0 saturated carbocycles. The summed E-state index contributed by atoms with van der Waals surface area (Å²) < 4.78 is 20.5. The van der Waals surface area contributed by atoms with Crippen molar-refractivity contribution in [3.05, 3.63) is 57.6 Å². The number of aryl methyl sites for hydroxylation is 2. The minimum absolute atomic E-state index is 0.0603. The van der Waals surface area contributed by atoms with Crippen LogP contribution in [0.4, 0.5) is 11.4 Å². The Labute approximate surface area is 227 Å². The molecule has 0 amide bonds. The average molecular weight is 539 g/mol. The minimum Gasteiger partial charge on any atom is -0.466 e. The van der Waals surface area contributed by atoms with Gasteiger partial charge in [-0.25, -0.2) is 0 Å². The van der Waals surface area contributed by atoms with E-state index in [-0.39, 0.29) is 26.4 Å². The molecule has 0 aliphatic carbocycles. The zero-order valence-electron chi connectivity index (χ0n) is 22.8. The van der Waals surface area contributed by atoms with Gasteiger partial charge in [-0.05, 0) is 49.9 Å². The molecule has 10 heteroatoms. The fourth-order valence-electron chi connectivity index (χ4n) is 5.16. The lowest BCUT2D eigenvalue weighted by atomic mass is 9.92. The van der Waals surface area contributed by atoms with E-state index in [1.807, 2.05) is 24.3 Å². The number of fused-ring (bicyclic) bond motifs is 6. The van der Waals surface area contributed by atoms with Crippen molar-refractivity contribution < 1.29 is 38.1 Å². The maximum atomic E-state index is 12.2. The maximum absolute atomic E-state index is 12.2. The van der Waals surface area contributed by atoms with E-state index in [1.165, 1.54) is 0 Å². The first-order valence-electron chi connectivity index (χ1n) is 13.1. The van der Waals surface area contributed by atoms with Crippen LogP contribution in [0.5, 0.6) is 0 Å². The topological polar surface area (TPSA) is 112 Å². The van der Waals surface area contributed by atoms with E-state index in [9.17, 15) is 19.2 Å². The molecule has 0 spiro atoms. The third-order valence-electron chi connectivity index (χ3n) is 6.80. The predicted octanol–water partition coefficient (Wildman–Crippen LogP) is 3.59. The summed E-state index contributed by atoms with van der Waals surface area (Å²) in [5, 5.41) is 0. The summed E-state index contributed by atoms with van der Waals surface area (Å²) in [6.07, 6.45) is -0.834. The molecule has 208 valence electrons. The van der Waals surface area contributed by atoms with Gasteiger partial charge in [-0.1, -0.05) is 24.3 Å². The van der Waals surface area contributed by atoms with Crippen molar-refractivity contribution in [3.8, 4) is 0 Å². The molecule has 2 aromatic rings.